The Bertz CT molecular complexity index is 1110. The van der Waals surface area contributed by atoms with Gasteiger partial charge in [-0.25, -0.2) is 9.98 Å². The number of rotatable bonds is 4. The molecule has 1 fully saturated rings. The summed E-state index contributed by atoms with van der Waals surface area (Å²) in [5, 5.41) is 3.46. The van der Waals surface area contributed by atoms with Crippen molar-refractivity contribution in [3.8, 4) is 5.82 Å². The molecule has 0 radical (unpaired) electrons. The van der Waals surface area contributed by atoms with Crippen LogP contribution in [0.1, 0.15) is 29.4 Å². The van der Waals surface area contributed by atoms with E-state index in [1.807, 2.05) is 50.3 Å². The zero-order valence-corrected chi connectivity index (χ0v) is 17.5. The number of thioether (sulfide) groups is 1. The first kappa shape index (κ1) is 19.2. The molecule has 1 N–H and O–H groups in total. The third-order valence-corrected chi connectivity index (χ3v) is 5.77. The van der Waals surface area contributed by atoms with E-state index in [2.05, 4.69) is 45.0 Å². The van der Waals surface area contributed by atoms with E-state index in [-0.39, 0.29) is 5.91 Å². The van der Waals surface area contributed by atoms with Crippen LogP contribution in [-0.4, -0.2) is 20.6 Å². The summed E-state index contributed by atoms with van der Waals surface area (Å²) in [5.41, 5.74) is 5.21. The van der Waals surface area contributed by atoms with Crippen molar-refractivity contribution in [3.05, 3.63) is 82.1 Å². The second kappa shape index (κ2) is 8.09. The van der Waals surface area contributed by atoms with Crippen LogP contribution in [0.4, 0.5) is 5.69 Å². The Kier molecular flexibility index (Phi) is 5.36. The average Bonchev–Trinajstić information content (AvgIpc) is 3.21. The predicted octanol–water partition coefficient (Wildman–Crippen LogP) is 4.94. The van der Waals surface area contributed by atoms with Gasteiger partial charge in [0.25, 0.3) is 5.91 Å². The molecular weight excluding hydrogens is 380 g/mol. The van der Waals surface area contributed by atoms with E-state index < -0.39 is 0 Å². The van der Waals surface area contributed by atoms with Crippen LogP contribution in [0.2, 0.25) is 0 Å². The lowest BCUT2D eigenvalue weighted by Gasteiger charge is -2.07. The standard InChI is InChI=1S/C23H22N4OS/c1-4-17-8-10-19(11-9-17)25-23-26-22(28)20(29-23)14-18-13-15(2)27(16(18)3)21-7-5-6-12-24-21/h5-14H,4H2,1-3H3,(H,25,26,28)/b20-14-. The van der Waals surface area contributed by atoms with Crippen molar-refractivity contribution < 1.29 is 4.79 Å². The van der Waals surface area contributed by atoms with Gasteiger partial charge in [0.15, 0.2) is 5.17 Å². The molecule has 0 unspecified atom stereocenters. The monoisotopic (exact) mass is 402 g/mol. The Balaban J connectivity index is 1.60. The molecule has 1 aromatic carbocycles. The number of benzene rings is 1. The number of hydrogen-bond donors (Lipinski definition) is 1. The normalized spacial score (nSPS) is 16.6. The summed E-state index contributed by atoms with van der Waals surface area (Å²) in [7, 11) is 0. The molecule has 146 valence electrons. The van der Waals surface area contributed by atoms with Crippen LogP contribution in [0.5, 0.6) is 0 Å². The molecule has 5 nitrogen and oxygen atoms in total. The lowest BCUT2D eigenvalue weighted by atomic mass is 10.2. The predicted molar refractivity (Wildman–Crippen MR) is 120 cm³/mol. The Morgan fingerprint density at radius 1 is 1.17 bits per heavy atom. The van der Waals surface area contributed by atoms with E-state index in [0.29, 0.717) is 10.1 Å². The number of amides is 1. The minimum absolute atomic E-state index is 0.124. The van der Waals surface area contributed by atoms with Crippen LogP contribution in [0, 0.1) is 13.8 Å². The smallest absolute Gasteiger partial charge is 0.264 e. The molecule has 0 spiro atoms. The van der Waals surface area contributed by atoms with Crippen LogP contribution in [-0.2, 0) is 11.2 Å². The molecule has 1 aliphatic rings. The van der Waals surface area contributed by atoms with Gasteiger partial charge in [0.1, 0.15) is 5.82 Å². The van der Waals surface area contributed by atoms with Gasteiger partial charge < -0.3 is 9.88 Å². The van der Waals surface area contributed by atoms with Crippen LogP contribution < -0.4 is 5.32 Å². The number of aryl methyl sites for hydroxylation is 2. The number of amidine groups is 1. The molecule has 6 heteroatoms. The van der Waals surface area contributed by atoms with Crippen LogP contribution >= 0.6 is 11.8 Å². The SMILES string of the molecule is CCc1ccc(N=C2NC(=O)/C(=C/c3cc(C)n(-c4ccccn4)c3C)S2)cc1. The summed E-state index contributed by atoms with van der Waals surface area (Å²) in [6.45, 7) is 6.20. The van der Waals surface area contributed by atoms with Gasteiger partial charge in [-0.15, -0.1) is 0 Å². The number of nitrogens with zero attached hydrogens (tertiary/aromatic N) is 3. The highest BCUT2D eigenvalue weighted by Gasteiger charge is 2.24. The Morgan fingerprint density at radius 2 is 1.97 bits per heavy atom. The zero-order valence-electron chi connectivity index (χ0n) is 16.6. The highest BCUT2D eigenvalue weighted by molar-refractivity contribution is 8.18. The third-order valence-electron chi connectivity index (χ3n) is 4.86. The fourth-order valence-electron chi connectivity index (χ4n) is 3.32. The van der Waals surface area contributed by atoms with Crippen molar-refractivity contribution in [2.24, 2.45) is 4.99 Å². The molecule has 3 heterocycles. The number of nitrogens with one attached hydrogen (secondary N) is 1. The van der Waals surface area contributed by atoms with Gasteiger partial charge in [0, 0.05) is 17.6 Å². The maximum absolute atomic E-state index is 12.5. The molecule has 29 heavy (non-hydrogen) atoms. The number of pyridine rings is 1. The summed E-state index contributed by atoms with van der Waals surface area (Å²) in [5.74, 6) is 0.745. The van der Waals surface area contributed by atoms with Gasteiger partial charge in [0.2, 0.25) is 0 Å². The fraction of sp³-hybridized carbons (Fsp3) is 0.174. The minimum Gasteiger partial charge on any atom is -0.303 e. The molecule has 3 aromatic rings. The number of carbonyl (C=O) groups excluding carboxylic acids is 1. The van der Waals surface area contributed by atoms with E-state index in [1.165, 1.54) is 17.3 Å². The van der Waals surface area contributed by atoms with Gasteiger partial charge in [-0.05, 0) is 79.6 Å². The summed E-state index contributed by atoms with van der Waals surface area (Å²) in [6.07, 6.45) is 4.69. The summed E-state index contributed by atoms with van der Waals surface area (Å²) >= 11 is 1.36. The van der Waals surface area contributed by atoms with Crippen LogP contribution in [0.3, 0.4) is 0 Å². The lowest BCUT2D eigenvalue weighted by molar-refractivity contribution is -0.115. The maximum Gasteiger partial charge on any atom is 0.264 e. The first-order valence-electron chi connectivity index (χ1n) is 9.54. The van der Waals surface area contributed by atoms with E-state index in [0.717, 1.165) is 34.9 Å². The van der Waals surface area contributed by atoms with Crippen molar-refractivity contribution in [2.45, 2.75) is 27.2 Å². The topological polar surface area (TPSA) is 59.3 Å². The molecule has 2 aromatic heterocycles. The molecule has 0 saturated carbocycles. The third kappa shape index (κ3) is 4.03. The van der Waals surface area contributed by atoms with Crippen molar-refractivity contribution >= 4 is 34.6 Å². The number of aromatic nitrogens is 2. The van der Waals surface area contributed by atoms with Crippen LogP contribution in [0.15, 0.2) is 64.6 Å². The summed E-state index contributed by atoms with van der Waals surface area (Å²) in [6, 6.07) is 16.0. The molecule has 0 bridgehead atoms. The zero-order chi connectivity index (χ0) is 20.4. The number of hydrogen-bond acceptors (Lipinski definition) is 4. The van der Waals surface area contributed by atoms with E-state index in [9.17, 15) is 4.79 Å². The Morgan fingerprint density at radius 3 is 2.66 bits per heavy atom. The molecule has 0 atom stereocenters. The van der Waals surface area contributed by atoms with E-state index in [4.69, 9.17) is 0 Å². The minimum atomic E-state index is -0.124. The van der Waals surface area contributed by atoms with Crippen molar-refractivity contribution in [3.63, 3.8) is 0 Å². The van der Waals surface area contributed by atoms with Crippen molar-refractivity contribution in [1.29, 1.82) is 0 Å². The summed E-state index contributed by atoms with van der Waals surface area (Å²) in [4.78, 5) is 22.1. The Hall–Kier alpha value is -3.12. The Labute approximate surface area is 174 Å². The second-order valence-electron chi connectivity index (χ2n) is 6.85. The lowest BCUT2D eigenvalue weighted by Crippen LogP contribution is -2.19. The molecule has 1 amide bonds. The van der Waals surface area contributed by atoms with E-state index in [1.54, 1.807) is 6.20 Å². The maximum atomic E-state index is 12.5. The quantitative estimate of drug-likeness (QED) is 0.629. The van der Waals surface area contributed by atoms with Crippen molar-refractivity contribution in [1.82, 2.24) is 14.9 Å². The van der Waals surface area contributed by atoms with Gasteiger partial charge in [0.05, 0.1) is 10.6 Å². The molecule has 0 aliphatic carbocycles. The number of carbonyl (C=O) groups is 1. The van der Waals surface area contributed by atoms with E-state index >= 15 is 0 Å². The highest BCUT2D eigenvalue weighted by Crippen LogP contribution is 2.30. The molecular formula is C23H22N4OS. The van der Waals surface area contributed by atoms with Crippen LogP contribution in [0.25, 0.3) is 11.9 Å². The summed E-state index contributed by atoms with van der Waals surface area (Å²) < 4.78 is 2.09. The van der Waals surface area contributed by atoms with Gasteiger partial charge >= 0.3 is 0 Å². The highest BCUT2D eigenvalue weighted by atomic mass is 32.2. The fourth-order valence-corrected chi connectivity index (χ4v) is 4.15. The van der Waals surface area contributed by atoms with Gasteiger partial charge in [-0.2, -0.15) is 0 Å². The molecule has 1 aliphatic heterocycles. The number of aliphatic imine (C=N–C) groups is 1. The van der Waals surface area contributed by atoms with Gasteiger partial charge in [-0.3, -0.25) is 4.79 Å². The van der Waals surface area contributed by atoms with Crippen molar-refractivity contribution in [2.75, 3.05) is 0 Å². The first-order chi connectivity index (χ1) is 14.0. The van der Waals surface area contributed by atoms with Gasteiger partial charge in [-0.1, -0.05) is 25.1 Å². The molecule has 4 rings (SSSR count). The largest absolute Gasteiger partial charge is 0.303 e. The second-order valence-corrected chi connectivity index (χ2v) is 7.88. The molecule has 1 saturated heterocycles. The first-order valence-corrected chi connectivity index (χ1v) is 10.4. The average molecular weight is 403 g/mol.